The zero-order chi connectivity index (χ0) is 19.4. The number of thiophene rings is 1. The van der Waals surface area contributed by atoms with Gasteiger partial charge in [-0.05, 0) is 48.8 Å². The standard InChI is InChI=1S/C19H22F3N3S2/c1-13(17(16-8-5-11-27-16)25-9-2-3-10-25)23-18(26)24-15-7-4-6-14(12-15)19(20,21)22/h4-8,11-13,17H,2-3,9-10H2,1H3,(H2,23,24,26)/p+1/t13-,17+/m1/s1. The van der Waals surface area contributed by atoms with Gasteiger partial charge in [-0.15, -0.1) is 11.3 Å². The van der Waals surface area contributed by atoms with Gasteiger partial charge >= 0.3 is 6.18 Å². The quantitative estimate of drug-likeness (QED) is 0.649. The van der Waals surface area contributed by atoms with E-state index < -0.39 is 11.7 Å². The summed E-state index contributed by atoms with van der Waals surface area (Å²) in [6.07, 6.45) is -1.93. The van der Waals surface area contributed by atoms with E-state index in [0.717, 1.165) is 25.2 Å². The first-order valence-corrected chi connectivity index (χ1v) is 10.3. The number of halogens is 3. The maximum atomic E-state index is 12.9. The predicted octanol–water partition coefficient (Wildman–Crippen LogP) is 3.86. The molecule has 3 nitrogen and oxygen atoms in total. The maximum absolute atomic E-state index is 12.9. The summed E-state index contributed by atoms with van der Waals surface area (Å²) in [4.78, 5) is 2.83. The van der Waals surface area contributed by atoms with Crippen molar-refractivity contribution in [1.29, 1.82) is 0 Å². The van der Waals surface area contributed by atoms with Crippen molar-refractivity contribution in [3.63, 3.8) is 0 Å². The highest BCUT2D eigenvalue weighted by molar-refractivity contribution is 7.80. The van der Waals surface area contributed by atoms with Crippen molar-refractivity contribution in [2.75, 3.05) is 18.4 Å². The molecule has 3 rings (SSSR count). The molecule has 0 amide bonds. The summed E-state index contributed by atoms with van der Waals surface area (Å²) in [5.74, 6) is 0. The van der Waals surface area contributed by atoms with Crippen LogP contribution < -0.4 is 15.5 Å². The van der Waals surface area contributed by atoms with Crippen molar-refractivity contribution in [3.8, 4) is 0 Å². The number of likely N-dealkylation sites (tertiary alicyclic amines) is 1. The minimum Gasteiger partial charge on any atom is -0.354 e. The lowest BCUT2D eigenvalue weighted by molar-refractivity contribution is -0.920. The van der Waals surface area contributed by atoms with E-state index in [-0.39, 0.29) is 12.1 Å². The minimum atomic E-state index is -4.37. The van der Waals surface area contributed by atoms with Gasteiger partial charge in [0.05, 0.1) is 29.6 Å². The van der Waals surface area contributed by atoms with E-state index in [2.05, 4.69) is 35.1 Å². The number of nitrogens with one attached hydrogen (secondary N) is 3. The zero-order valence-corrected chi connectivity index (χ0v) is 16.6. The summed E-state index contributed by atoms with van der Waals surface area (Å²) in [5, 5.41) is 8.58. The Morgan fingerprint density at radius 3 is 2.56 bits per heavy atom. The molecule has 1 aliphatic heterocycles. The smallest absolute Gasteiger partial charge is 0.354 e. The van der Waals surface area contributed by atoms with Gasteiger partial charge in [-0.25, -0.2) is 0 Å². The normalized spacial score (nSPS) is 17.5. The lowest BCUT2D eigenvalue weighted by atomic mass is 10.1. The summed E-state index contributed by atoms with van der Waals surface area (Å²) in [6, 6.07) is 9.60. The number of quaternary nitrogens is 1. The second kappa shape index (κ2) is 8.58. The molecule has 1 fully saturated rings. The third-order valence-corrected chi connectivity index (χ3v) is 6.02. The van der Waals surface area contributed by atoms with Crippen molar-refractivity contribution >= 4 is 34.4 Å². The van der Waals surface area contributed by atoms with Crippen LogP contribution >= 0.6 is 23.6 Å². The van der Waals surface area contributed by atoms with Crippen molar-refractivity contribution in [1.82, 2.24) is 5.32 Å². The molecule has 1 aromatic heterocycles. The second-order valence-electron chi connectivity index (χ2n) is 6.82. The van der Waals surface area contributed by atoms with Gasteiger partial charge in [0.15, 0.2) is 5.11 Å². The lowest BCUT2D eigenvalue weighted by Crippen LogP contribution is -3.11. The van der Waals surface area contributed by atoms with Crippen molar-refractivity contribution in [2.45, 2.75) is 38.0 Å². The van der Waals surface area contributed by atoms with Crippen molar-refractivity contribution < 1.29 is 18.1 Å². The predicted molar refractivity (Wildman–Crippen MR) is 107 cm³/mol. The molecule has 1 saturated heterocycles. The third kappa shape index (κ3) is 5.21. The number of rotatable bonds is 5. The number of hydrogen-bond acceptors (Lipinski definition) is 2. The molecule has 146 valence electrons. The molecule has 2 heterocycles. The summed E-state index contributed by atoms with van der Waals surface area (Å²) in [5.41, 5.74) is -0.364. The molecular weight excluding hydrogens is 391 g/mol. The first-order chi connectivity index (χ1) is 12.8. The average Bonchev–Trinajstić information content (AvgIpc) is 3.29. The van der Waals surface area contributed by atoms with E-state index in [1.807, 2.05) is 0 Å². The minimum absolute atomic E-state index is 0.0579. The van der Waals surface area contributed by atoms with E-state index in [1.54, 1.807) is 17.4 Å². The summed E-state index contributed by atoms with van der Waals surface area (Å²) >= 11 is 7.10. The van der Waals surface area contributed by atoms with Crippen LogP contribution in [-0.2, 0) is 6.18 Å². The van der Waals surface area contributed by atoms with Crippen LogP contribution in [0.25, 0.3) is 0 Å². The Morgan fingerprint density at radius 2 is 1.93 bits per heavy atom. The molecule has 0 bridgehead atoms. The van der Waals surface area contributed by atoms with Gasteiger partial charge in [-0.2, -0.15) is 13.2 Å². The fourth-order valence-corrected chi connectivity index (χ4v) is 4.93. The van der Waals surface area contributed by atoms with Gasteiger partial charge in [0.1, 0.15) is 6.04 Å². The molecule has 0 saturated carbocycles. The molecule has 0 spiro atoms. The van der Waals surface area contributed by atoms with Crippen LogP contribution in [0, 0.1) is 0 Å². The molecule has 2 aromatic rings. The van der Waals surface area contributed by atoms with Gasteiger partial charge in [-0.3, -0.25) is 0 Å². The molecule has 1 aliphatic rings. The van der Waals surface area contributed by atoms with E-state index in [9.17, 15) is 13.2 Å². The molecule has 0 radical (unpaired) electrons. The maximum Gasteiger partial charge on any atom is 0.416 e. The fraction of sp³-hybridized carbons (Fsp3) is 0.421. The summed E-state index contributed by atoms with van der Waals surface area (Å²) in [7, 11) is 0. The molecule has 0 aliphatic carbocycles. The largest absolute Gasteiger partial charge is 0.416 e. The van der Waals surface area contributed by atoms with Gasteiger partial charge in [0, 0.05) is 18.5 Å². The van der Waals surface area contributed by atoms with Gasteiger partial charge in [0.25, 0.3) is 0 Å². The molecule has 2 atom stereocenters. The second-order valence-corrected chi connectivity index (χ2v) is 8.21. The Bertz CT molecular complexity index is 756. The highest BCUT2D eigenvalue weighted by atomic mass is 32.1. The Morgan fingerprint density at radius 1 is 1.19 bits per heavy atom. The van der Waals surface area contributed by atoms with Crippen LogP contribution in [0.2, 0.25) is 0 Å². The Labute approximate surface area is 166 Å². The summed E-state index contributed by atoms with van der Waals surface area (Å²) < 4.78 is 38.6. The fourth-order valence-electron chi connectivity index (χ4n) is 3.64. The van der Waals surface area contributed by atoms with Crippen LogP contribution in [0.15, 0.2) is 41.8 Å². The monoisotopic (exact) mass is 414 g/mol. The third-order valence-electron chi connectivity index (χ3n) is 4.84. The number of hydrogen-bond donors (Lipinski definition) is 3. The summed E-state index contributed by atoms with van der Waals surface area (Å²) in [6.45, 7) is 4.33. The molecular formula is C19H23F3N3S2+. The first-order valence-electron chi connectivity index (χ1n) is 8.97. The molecule has 3 N–H and O–H groups in total. The van der Waals surface area contributed by atoms with Gasteiger partial charge in [0.2, 0.25) is 0 Å². The highest BCUT2D eigenvalue weighted by Crippen LogP contribution is 2.30. The van der Waals surface area contributed by atoms with Crippen molar-refractivity contribution in [3.05, 3.63) is 52.2 Å². The van der Waals surface area contributed by atoms with Crippen LogP contribution in [0.5, 0.6) is 0 Å². The van der Waals surface area contributed by atoms with Crippen molar-refractivity contribution in [2.24, 2.45) is 0 Å². The van der Waals surface area contributed by atoms with E-state index in [0.29, 0.717) is 10.8 Å². The Balaban J connectivity index is 1.67. The molecule has 27 heavy (non-hydrogen) atoms. The topological polar surface area (TPSA) is 28.5 Å². The Hall–Kier alpha value is -1.64. The van der Waals surface area contributed by atoms with E-state index in [1.165, 1.54) is 28.7 Å². The number of anilines is 1. The SMILES string of the molecule is C[C@@H](NC(=S)Nc1cccc(C(F)(F)F)c1)[C@@H](c1cccs1)[NH+]1CCCC1. The Kier molecular flexibility index (Phi) is 6.39. The van der Waals surface area contributed by atoms with E-state index >= 15 is 0 Å². The zero-order valence-electron chi connectivity index (χ0n) is 15.0. The lowest BCUT2D eigenvalue weighted by Gasteiger charge is -2.30. The number of alkyl halides is 3. The van der Waals surface area contributed by atoms with Crippen LogP contribution in [0.3, 0.4) is 0 Å². The molecule has 0 unspecified atom stereocenters. The highest BCUT2D eigenvalue weighted by Gasteiger charge is 2.33. The van der Waals surface area contributed by atoms with Crippen LogP contribution in [0.1, 0.15) is 36.2 Å². The van der Waals surface area contributed by atoms with E-state index in [4.69, 9.17) is 12.2 Å². The number of benzene rings is 1. The van der Waals surface area contributed by atoms with Crippen LogP contribution in [0.4, 0.5) is 18.9 Å². The van der Waals surface area contributed by atoms with Crippen LogP contribution in [-0.4, -0.2) is 24.2 Å². The van der Waals surface area contributed by atoms with Gasteiger partial charge in [-0.1, -0.05) is 12.1 Å². The number of thiocarbonyl (C=S) groups is 1. The molecule has 1 aromatic carbocycles. The first kappa shape index (κ1) is 20.1. The average molecular weight is 415 g/mol. The van der Waals surface area contributed by atoms with Gasteiger partial charge < -0.3 is 15.5 Å². The molecule has 8 heteroatoms.